The van der Waals surface area contributed by atoms with Gasteiger partial charge in [-0.1, -0.05) is 17.7 Å². The molecule has 0 radical (unpaired) electrons. The van der Waals surface area contributed by atoms with Gasteiger partial charge in [0, 0.05) is 58.9 Å². The maximum Gasteiger partial charge on any atom is 0.0642 e. The van der Waals surface area contributed by atoms with Crippen LogP contribution in [0.4, 0.5) is 5.69 Å². The van der Waals surface area contributed by atoms with Crippen molar-refractivity contribution in [2.24, 2.45) is 0 Å². The summed E-state index contributed by atoms with van der Waals surface area (Å²) in [5.74, 6) is 0. The molecule has 0 aliphatic carbocycles. The van der Waals surface area contributed by atoms with Crippen molar-refractivity contribution >= 4 is 17.3 Å². The molecular formula is C16H25ClN4. The molecule has 2 aliphatic heterocycles. The Balaban J connectivity index is 1.64. The van der Waals surface area contributed by atoms with Gasteiger partial charge in [-0.3, -0.25) is 4.90 Å². The van der Waals surface area contributed by atoms with Crippen LogP contribution in [0.2, 0.25) is 5.02 Å². The zero-order valence-corrected chi connectivity index (χ0v) is 13.6. The van der Waals surface area contributed by atoms with Crippen molar-refractivity contribution in [3.63, 3.8) is 0 Å². The number of hydrogen-bond acceptors (Lipinski definition) is 4. The molecule has 5 heteroatoms. The quantitative estimate of drug-likeness (QED) is 0.913. The molecule has 0 amide bonds. The maximum absolute atomic E-state index is 6.53. The van der Waals surface area contributed by atoms with Gasteiger partial charge in [-0.2, -0.15) is 0 Å². The SMILES string of the molecule is CN1CCN(c2ccc(CN3CCNCC3)cc2Cl)CC1. The minimum atomic E-state index is 0.896. The highest BCUT2D eigenvalue weighted by atomic mass is 35.5. The molecule has 0 bridgehead atoms. The third-order valence-electron chi connectivity index (χ3n) is 4.47. The van der Waals surface area contributed by atoms with Crippen LogP contribution in [0.3, 0.4) is 0 Å². The lowest BCUT2D eigenvalue weighted by Gasteiger charge is -2.34. The summed E-state index contributed by atoms with van der Waals surface area (Å²) in [4.78, 5) is 7.25. The number of nitrogens with one attached hydrogen (secondary N) is 1. The summed E-state index contributed by atoms with van der Waals surface area (Å²) < 4.78 is 0. The molecule has 0 unspecified atom stereocenters. The molecule has 1 aromatic rings. The Morgan fingerprint density at radius 2 is 1.76 bits per heavy atom. The minimum Gasteiger partial charge on any atom is -0.368 e. The monoisotopic (exact) mass is 308 g/mol. The first-order valence-electron chi connectivity index (χ1n) is 7.87. The van der Waals surface area contributed by atoms with E-state index in [4.69, 9.17) is 11.6 Å². The van der Waals surface area contributed by atoms with E-state index in [1.165, 1.54) is 11.3 Å². The largest absolute Gasteiger partial charge is 0.368 e. The van der Waals surface area contributed by atoms with Crippen molar-refractivity contribution in [2.75, 3.05) is 64.3 Å². The van der Waals surface area contributed by atoms with Gasteiger partial charge in [-0.15, -0.1) is 0 Å². The van der Waals surface area contributed by atoms with Gasteiger partial charge in [-0.05, 0) is 24.7 Å². The zero-order chi connectivity index (χ0) is 14.7. The van der Waals surface area contributed by atoms with E-state index in [-0.39, 0.29) is 0 Å². The Labute approximate surface area is 132 Å². The molecule has 2 saturated heterocycles. The highest BCUT2D eigenvalue weighted by Crippen LogP contribution is 2.28. The summed E-state index contributed by atoms with van der Waals surface area (Å²) in [6, 6.07) is 6.59. The molecule has 0 spiro atoms. The molecule has 0 saturated carbocycles. The summed E-state index contributed by atoms with van der Waals surface area (Å²) >= 11 is 6.53. The highest BCUT2D eigenvalue weighted by molar-refractivity contribution is 6.33. The lowest BCUT2D eigenvalue weighted by atomic mass is 10.1. The van der Waals surface area contributed by atoms with Crippen LogP contribution in [-0.4, -0.2) is 69.2 Å². The number of nitrogens with zero attached hydrogens (tertiary/aromatic N) is 3. The fraction of sp³-hybridized carbons (Fsp3) is 0.625. The molecule has 116 valence electrons. The second-order valence-electron chi connectivity index (χ2n) is 6.10. The minimum absolute atomic E-state index is 0.896. The Hall–Kier alpha value is -0.810. The molecule has 21 heavy (non-hydrogen) atoms. The van der Waals surface area contributed by atoms with Gasteiger partial charge in [0.05, 0.1) is 10.7 Å². The average molecular weight is 309 g/mol. The smallest absolute Gasteiger partial charge is 0.0642 e. The van der Waals surface area contributed by atoms with Crippen molar-refractivity contribution in [1.82, 2.24) is 15.1 Å². The van der Waals surface area contributed by atoms with Crippen LogP contribution in [-0.2, 0) is 6.54 Å². The molecule has 1 aromatic carbocycles. The van der Waals surface area contributed by atoms with Gasteiger partial charge in [0.2, 0.25) is 0 Å². The second-order valence-corrected chi connectivity index (χ2v) is 6.51. The lowest BCUT2D eigenvalue weighted by molar-refractivity contribution is 0.233. The van der Waals surface area contributed by atoms with E-state index in [9.17, 15) is 0 Å². The molecule has 2 aliphatic rings. The molecule has 0 aromatic heterocycles. The summed E-state index contributed by atoms with van der Waals surface area (Å²) in [6.45, 7) is 9.78. The predicted molar refractivity (Wildman–Crippen MR) is 89.3 cm³/mol. The number of hydrogen-bond donors (Lipinski definition) is 1. The van der Waals surface area contributed by atoms with E-state index in [0.717, 1.165) is 63.9 Å². The van der Waals surface area contributed by atoms with E-state index < -0.39 is 0 Å². The molecule has 1 N–H and O–H groups in total. The van der Waals surface area contributed by atoms with Crippen LogP contribution in [0.1, 0.15) is 5.56 Å². The summed E-state index contributed by atoms with van der Waals surface area (Å²) in [5, 5.41) is 4.28. The first-order valence-corrected chi connectivity index (χ1v) is 8.25. The van der Waals surface area contributed by atoms with Gasteiger partial charge in [0.1, 0.15) is 0 Å². The standard InChI is InChI=1S/C16H25ClN4/c1-19-8-10-21(11-9-19)16-3-2-14(12-15(16)17)13-20-6-4-18-5-7-20/h2-3,12,18H,4-11,13H2,1H3. The van der Waals surface area contributed by atoms with Crippen molar-refractivity contribution in [3.05, 3.63) is 28.8 Å². The van der Waals surface area contributed by atoms with Crippen molar-refractivity contribution < 1.29 is 0 Å². The van der Waals surface area contributed by atoms with Gasteiger partial charge in [-0.25, -0.2) is 0 Å². The van der Waals surface area contributed by atoms with Crippen molar-refractivity contribution in [2.45, 2.75) is 6.54 Å². The number of rotatable bonds is 3. The third-order valence-corrected chi connectivity index (χ3v) is 4.77. The van der Waals surface area contributed by atoms with Crippen LogP contribution in [0.25, 0.3) is 0 Å². The molecule has 2 heterocycles. The maximum atomic E-state index is 6.53. The Morgan fingerprint density at radius 1 is 1.05 bits per heavy atom. The van der Waals surface area contributed by atoms with Crippen LogP contribution < -0.4 is 10.2 Å². The fourth-order valence-corrected chi connectivity index (χ4v) is 3.40. The van der Waals surface area contributed by atoms with E-state index in [1.807, 2.05) is 0 Å². The van der Waals surface area contributed by atoms with Crippen LogP contribution in [0.5, 0.6) is 0 Å². The van der Waals surface area contributed by atoms with Gasteiger partial charge >= 0.3 is 0 Å². The molecule has 2 fully saturated rings. The molecule has 0 atom stereocenters. The topological polar surface area (TPSA) is 21.8 Å². The van der Waals surface area contributed by atoms with Crippen LogP contribution >= 0.6 is 11.6 Å². The van der Waals surface area contributed by atoms with Gasteiger partial charge in [0.15, 0.2) is 0 Å². The number of benzene rings is 1. The summed E-state index contributed by atoms with van der Waals surface area (Å²) in [6.07, 6.45) is 0. The molecule has 4 nitrogen and oxygen atoms in total. The zero-order valence-electron chi connectivity index (χ0n) is 12.8. The van der Waals surface area contributed by atoms with E-state index in [2.05, 4.69) is 45.3 Å². The normalized spacial score (nSPS) is 21.7. The number of anilines is 1. The van der Waals surface area contributed by atoms with Gasteiger partial charge < -0.3 is 15.1 Å². The summed E-state index contributed by atoms with van der Waals surface area (Å²) in [5.41, 5.74) is 2.51. The number of likely N-dealkylation sites (N-methyl/N-ethyl adjacent to an activating group) is 1. The van der Waals surface area contributed by atoms with Crippen molar-refractivity contribution in [1.29, 1.82) is 0 Å². The predicted octanol–water partition coefficient (Wildman–Crippen LogP) is 1.50. The fourth-order valence-electron chi connectivity index (χ4n) is 3.08. The van der Waals surface area contributed by atoms with E-state index in [0.29, 0.717) is 0 Å². The first kappa shape index (κ1) is 15.1. The Morgan fingerprint density at radius 3 is 2.43 bits per heavy atom. The highest BCUT2D eigenvalue weighted by Gasteiger charge is 2.17. The molecular weight excluding hydrogens is 284 g/mol. The van der Waals surface area contributed by atoms with Crippen LogP contribution in [0.15, 0.2) is 18.2 Å². The third kappa shape index (κ3) is 3.89. The van der Waals surface area contributed by atoms with Crippen molar-refractivity contribution in [3.8, 4) is 0 Å². The average Bonchev–Trinajstić information content (AvgIpc) is 2.50. The second kappa shape index (κ2) is 6.97. The number of halogens is 1. The van der Waals surface area contributed by atoms with E-state index >= 15 is 0 Å². The lowest BCUT2D eigenvalue weighted by Crippen LogP contribution is -2.44. The van der Waals surface area contributed by atoms with Gasteiger partial charge in [0.25, 0.3) is 0 Å². The Kier molecular flexibility index (Phi) is 5.01. The van der Waals surface area contributed by atoms with E-state index in [1.54, 1.807) is 0 Å². The first-order chi connectivity index (χ1) is 10.2. The number of piperazine rings is 2. The molecule has 3 rings (SSSR count). The summed E-state index contributed by atoms with van der Waals surface area (Å²) in [7, 11) is 2.18. The Bertz CT molecular complexity index is 465. The van der Waals surface area contributed by atoms with Crippen LogP contribution in [0, 0.1) is 0 Å².